The summed E-state index contributed by atoms with van der Waals surface area (Å²) in [6.45, 7) is 4.53. The Morgan fingerprint density at radius 1 is 0.439 bits per heavy atom. The van der Waals surface area contributed by atoms with Crippen molar-refractivity contribution in [1.29, 1.82) is 0 Å². The summed E-state index contributed by atoms with van der Waals surface area (Å²) >= 11 is 0. The van der Waals surface area contributed by atoms with Gasteiger partial charge >= 0.3 is 0 Å². The molecule has 0 saturated carbocycles. The largest absolute Gasteiger partial charge is 0.456 e. The van der Waals surface area contributed by atoms with E-state index in [9.17, 15) is 2.74 Å². The fourth-order valence-electron chi connectivity index (χ4n) is 9.26. The van der Waals surface area contributed by atoms with Crippen molar-refractivity contribution in [1.82, 2.24) is 0 Å². The molecule has 0 saturated heterocycles. The number of furan rings is 2. The maximum absolute atomic E-state index is 9.49. The Bertz CT molecular complexity index is 3940. The first kappa shape index (κ1) is 24.4. The van der Waals surface area contributed by atoms with Crippen molar-refractivity contribution in [3.05, 3.63) is 193 Å². The van der Waals surface area contributed by atoms with Gasteiger partial charge in [-0.15, -0.1) is 0 Å². The van der Waals surface area contributed by atoms with Crippen molar-refractivity contribution in [2.24, 2.45) is 0 Å². The van der Waals surface area contributed by atoms with Crippen LogP contribution >= 0.6 is 0 Å². The topological polar surface area (TPSA) is 26.3 Å². The van der Waals surface area contributed by atoms with Gasteiger partial charge in [-0.05, 0) is 108 Å². The Balaban J connectivity index is 1.10. The quantitative estimate of drug-likeness (QED) is 0.168. The zero-order valence-electron chi connectivity index (χ0n) is 39.9. The monoisotopic (exact) mass is 737 g/mol. The molecule has 0 fully saturated rings. The van der Waals surface area contributed by atoms with Gasteiger partial charge in [0.2, 0.25) is 0 Å². The summed E-state index contributed by atoms with van der Waals surface area (Å²) in [6, 6.07) is 37.9. The van der Waals surface area contributed by atoms with Crippen LogP contribution in [0.3, 0.4) is 0 Å². The van der Waals surface area contributed by atoms with E-state index in [4.69, 9.17) is 18.4 Å². The molecule has 1 aliphatic carbocycles. The molecule has 12 rings (SSSR count). The van der Waals surface area contributed by atoms with Crippen molar-refractivity contribution in [2.45, 2.75) is 19.3 Å². The second-order valence-electron chi connectivity index (χ2n) is 15.3. The number of hydrogen-bond donors (Lipinski definition) is 0. The predicted octanol–water partition coefficient (Wildman–Crippen LogP) is 15.6. The highest BCUT2D eigenvalue weighted by molar-refractivity contribution is 6.26. The van der Waals surface area contributed by atoms with Crippen LogP contribution in [0.1, 0.15) is 37.3 Å². The number of fused-ring (bicyclic) bond motifs is 9. The maximum atomic E-state index is 9.49. The van der Waals surface area contributed by atoms with Crippen molar-refractivity contribution in [3.63, 3.8) is 0 Å². The van der Waals surface area contributed by atoms with E-state index in [0.717, 1.165) is 44.2 Å². The SMILES string of the molecule is [2H]c1c([2H])c([2H])c(-c2c3ccccc3c(-c3ccc(-c4ccc5oc(-c6ccc7c(c6)C(C)(C)c6ccccc6-7)cc5c4)c4oc5ccccc5c34)c3c([2H])c([2H])c([2H])c([2H])c23)c([2H])c1[2H]. The van der Waals surface area contributed by atoms with Crippen LogP contribution in [-0.4, -0.2) is 0 Å². The Hall–Kier alpha value is -7.16. The highest BCUT2D eigenvalue weighted by atomic mass is 16.3. The Kier molecular flexibility index (Phi) is 5.10. The third kappa shape index (κ3) is 4.65. The van der Waals surface area contributed by atoms with E-state index >= 15 is 0 Å². The van der Waals surface area contributed by atoms with Gasteiger partial charge in [-0.1, -0.05) is 159 Å². The van der Waals surface area contributed by atoms with E-state index < -0.39 is 42.3 Å². The summed E-state index contributed by atoms with van der Waals surface area (Å²) in [6.07, 6.45) is 0. The molecule has 11 aromatic rings. The number of para-hydroxylation sites is 1. The second kappa shape index (κ2) is 11.9. The molecule has 0 atom stereocenters. The van der Waals surface area contributed by atoms with Gasteiger partial charge < -0.3 is 8.83 Å². The highest BCUT2D eigenvalue weighted by Crippen LogP contribution is 2.51. The first-order valence-electron chi connectivity index (χ1n) is 23.5. The van der Waals surface area contributed by atoms with Crippen molar-refractivity contribution < 1.29 is 21.2 Å². The Morgan fingerprint density at radius 3 is 1.93 bits per heavy atom. The molecule has 1 aliphatic rings. The van der Waals surface area contributed by atoms with Gasteiger partial charge in [0.1, 0.15) is 22.5 Å². The van der Waals surface area contributed by atoms with E-state index in [-0.39, 0.29) is 39.4 Å². The minimum absolute atomic E-state index is 0.0518. The predicted molar refractivity (Wildman–Crippen MR) is 238 cm³/mol. The van der Waals surface area contributed by atoms with Crippen molar-refractivity contribution in [3.8, 4) is 55.8 Å². The smallest absolute Gasteiger partial charge is 0.143 e. The van der Waals surface area contributed by atoms with Gasteiger partial charge in [-0.3, -0.25) is 0 Å². The lowest BCUT2D eigenvalue weighted by Crippen LogP contribution is -2.14. The van der Waals surface area contributed by atoms with E-state index in [0.29, 0.717) is 33.1 Å². The van der Waals surface area contributed by atoms with Gasteiger partial charge in [0, 0.05) is 32.7 Å². The maximum Gasteiger partial charge on any atom is 0.143 e. The molecule has 268 valence electrons. The third-order valence-corrected chi connectivity index (χ3v) is 11.9. The standard InChI is InChI=1S/C55H36O2/c1-55(2)46-22-12-10-16-38(46)39-26-24-35(31-47(39)55)50-32-36-30-34(25-29-48(36)56-50)37-27-28-45(53-44-21-11-13-23-49(44)57-54(37)53)52-42-19-8-6-17-40(42)51(33-14-4-3-5-15-33)41-18-7-9-20-43(41)52/h3-32H,1-2H3/i3D,4D,5D,6D,8D,14D,15D,17D,19D. The van der Waals surface area contributed by atoms with Gasteiger partial charge in [0.15, 0.2) is 0 Å². The number of hydrogen-bond acceptors (Lipinski definition) is 2. The van der Waals surface area contributed by atoms with Gasteiger partial charge in [-0.25, -0.2) is 0 Å². The molecule has 2 aromatic heterocycles. The summed E-state index contributed by atoms with van der Waals surface area (Å²) in [5.41, 5.74) is 10.7. The molecular weight excluding hydrogens is 693 g/mol. The molecule has 9 aromatic carbocycles. The van der Waals surface area contributed by atoms with Gasteiger partial charge in [0.25, 0.3) is 0 Å². The fourth-order valence-corrected chi connectivity index (χ4v) is 9.26. The second-order valence-corrected chi connectivity index (χ2v) is 15.3. The van der Waals surface area contributed by atoms with Crippen LogP contribution in [0.5, 0.6) is 0 Å². The van der Waals surface area contributed by atoms with Crippen molar-refractivity contribution in [2.75, 3.05) is 0 Å². The lowest BCUT2D eigenvalue weighted by Gasteiger charge is -2.21. The zero-order valence-corrected chi connectivity index (χ0v) is 30.9. The summed E-state index contributed by atoms with van der Waals surface area (Å²) < 4.78 is 93.4. The van der Waals surface area contributed by atoms with Crippen LogP contribution in [-0.2, 0) is 5.41 Å². The summed E-state index contributed by atoms with van der Waals surface area (Å²) in [4.78, 5) is 0. The minimum Gasteiger partial charge on any atom is -0.456 e. The van der Waals surface area contributed by atoms with Crippen molar-refractivity contribution >= 4 is 54.5 Å². The van der Waals surface area contributed by atoms with E-state index in [2.05, 4.69) is 68.4 Å². The molecule has 2 nitrogen and oxygen atoms in total. The molecule has 0 spiro atoms. The normalized spacial score (nSPS) is 15.4. The molecule has 0 aliphatic heterocycles. The van der Waals surface area contributed by atoms with Crippen LogP contribution in [0.4, 0.5) is 0 Å². The number of rotatable bonds is 4. The molecule has 0 radical (unpaired) electrons. The van der Waals surface area contributed by atoms with E-state index in [1.54, 1.807) is 12.1 Å². The summed E-state index contributed by atoms with van der Waals surface area (Å²) in [5, 5.41) is 3.68. The molecule has 2 heteroatoms. The highest BCUT2D eigenvalue weighted by Gasteiger charge is 2.35. The fraction of sp³-hybridized carbons (Fsp3) is 0.0545. The third-order valence-electron chi connectivity index (χ3n) is 11.9. The van der Waals surface area contributed by atoms with Crippen LogP contribution < -0.4 is 0 Å². The molecule has 0 bridgehead atoms. The first-order valence-corrected chi connectivity index (χ1v) is 19.0. The van der Waals surface area contributed by atoms with Crippen LogP contribution in [0.2, 0.25) is 0 Å². The van der Waals surface area contributed by atoms with Crippen LogP contribution in [0.25, 0.3) is 110 Å². The van der Waals surface area contributed by atoms with Gasteiger partial charge in [-0.2, -0.15) is 0 Å². The first-order chi connectivity index (χ1) is 31.8. The summed E-state index contributed by atoms with van der Waals surface area (Å²) in [5.74, 6) is 0.760. The minimum atomic E-state index is -0.558. The molecule has 2 heterocycles. The Morgan fingerprint density at radius 2 is 1.09 bits per heavy atom. The Labute approximate surface area is 342 Å². The van der Waals surface area contributed by atoms with E-state index in [1.807, 2.05) is 60.7 Å². The zero-order chi connectivity index (χ0) is 45.7. The summed E-state index contributed by atoms with van der Waals surface area (Å²) in [7, 11) is 0. The lowest BCUT2D eigenvalue weighted by atomic mass is 9.82. The average Bonchev–Trinajstić information content (AvgIpc) is 4.01. The van der Waals surface area contributed by atoms with Crippen LogP contribution in [0.15, 0.2) is 191 Å². The molecule has 0 unspecified atom stereocenters. The molecule has 0 N–H and O–H groups in total. The van der Waals surface area contributed by atoms with Crippen LogP contribution in [0, 0.1) is 0 Å². The lowest BCUT2D eigenvalue weighted by molar-refractivity contribution is 0.630. The molecular formula is C55H36O2. The molecule has 57 heavy (non-hydrogen) atoms. The average molecular weight is 738 g/mol. The molecule has 0 amide bonds. The van der Waals surface area contributed by atoms with Gasteiger partial charge in [0.05, 0.1) is 12.3 Å². The van der Waals surface area contributed by atoms with E-state index in [1.165, 1.54) is 22.3 Å². The number of benzene rings is 9.